The smallest absolute Gasteiger partial charge is 0.256 e. The summed E-state index contributed by atoms with van der Waals surface area (Å²) >= 11 is 3.34. The first-order valence-electron chi connectivity index (χ1n) is 5.82. The van der Waals surface area contributed by atoms with Crippen molar-refractivity contribution in [2.45, 2.75) is 11.8 Å². The van der Waals surface area contributed by atoms with Crippen LogP contribution < -0.4 is 10.5 Å². The summed E-state index contributed by atoms with van der Waals surface area (Å²) in [5, 5.41) is 11.4. The SMILES string of the molecule is Cc1cc(C(=O)Nc2nn(C)cc2S(N)(=O)=O)ccc1Br. The average molecular weight is 373 g/mol. The Hall–Kier alpha value is -1.71. The number of rotatable bonds is 3. The molecule has 2 rings (SSSR count). The fraction of sp³-hybridized carbons (Fsp3) is 0.167. The summed E-state index contributed by atoms with van der Waals surface area (Å²) in [6.45, 7) is 1.84. The van der Waals surface area contributed by atoms with Gasteiger partial charge in [0, 0.05) is 23.3 Å². The van der Waals surface area contributed by atoms with Gasteiger partial charge in [-0.25, -0.2) is 13.6 Å². The maximum Gasteiger partial charge on any atom is 0.256 e. The average Bonchev–Trinajstić information content (AvgIpc) is 2.73. The van der Waals surface area contributed by atoms with Gasteiger partial charge in [0.25, 0.3) is 5.91 Å². The lowest BCUT2D eigenvalue weighted by Gasteiger charge is -2.05. The van der Waals surface area contributed by atoms with Crippen LogP contribution in [0.25, 0.3) is 0 Å². The minimum absolute atomic E-state index is 0.0921. The maximum atomic E-state index is 12.2. The van der Waals surface area contributed by atoms with E-state index in [0.717, 1.165) is 10.0 Å². The largest absolute Gasteiger partial charge is 0.304 e. The van der Waals surface area contributed by atoms with Gasteiger partial charge in [0.2, 0.25) is 10.0 Å². The van der Waals surface area contributed by atoms with E-state index in [2.05, 4.69) is 26.3 Å². The summed E-state index contributed by atoms with van der Waals surface area (Å²) in [6.07, 6.45) is 1.23. The van der Waals surface area contributed by atoms with Crippen molar-refractivity contribution in [1.82, 2.24) is 9.78 Å². The Morgan fingerprint density at radius 1 is 1.43 bits per heavy atom. The molecule has 21 heavy (non-hydrogen) atoms. The van der Waals surface area contributed by atoms with Crippen LogP contribution in [0.5, 0.6) is 0 Å². The third kappa shape index (κ3) is 3.49. The summed E-state index contributed by atoms with van der Waals surface area (Å²) in [4.78, 5) is 11.9. The highest BCUT2D eigenvalue weighted by molar-refractivity contribution is 9.10. The first-order valence-corrected chi connectivity index (χ1v) is 8.16. The van der Waals surface area contributed by atoms with Gasteiger partial charge in [-0.15, -0.1) is 0 Å². The fourth-order valence-corrected chi connectivity index (χ4v) is 2.63. The van der Waals surface area contributed by atoms with Crippen molar-refractivity contribution in [3.05, 3.63) is 40.0 Å². The molecular weight excluding hydrogens is 360 g/mol. The maximum absolute atomic E-state index is 12.2. The summed E-state index contributed by atoms with van der Waals surface area (Å²) in [7, 11) is -2.43. The van der Waals surface area contributed by atoms with E-state index in [1.807, 2.05) is 6.92 Å². The van der Waals surface area contributed by atoms with Crippen LogP contribution in [0.3, 0.4) is 0 Å². The van der Waals surface area contributed by atoms with Gasteiger partial charge in [-0.1, -0.05) is 15.9 Å². The van der Waals surface area contributed by atoms with Gasteiger partial charge in [0.1, 0.15) is 4.90 Å². The van der Waals surface area contributed by atoms with Crippen LogP contribution in [-0.4, -0.2) is 24.1 Å². The zero-order chi connectivity index (χ0) is 15.8. The highest BCUT2D eigenvalue weighted by atomic mass is 79.9. The minimum atomic E-state index is -3.96. The summed E-state index contributed by atoms with van der Waals surface area (Å²) in [5.41, 5.74) is 1.28. The van der Waals surface area contributed by atoms with Crippen LogP contribution >= 0.6 is 15.9 Å². The number of anilines is 1. The Balaban J connectivity index is 2.34. The number of amides is 1. The van der Waals surface area contributed by atoms with Gasteiger partial charge in [0.05, 0.1) is 0 Å². The van der Waals surface area contributed by atoms with Crippen molar-refractivity contribution >= 4 is 37.7 Å². The molecule has 9 heteroatoms. The standard InChI is InChI=1S/C12H13BrN4O3S/c1-7-5-8(3-4-9(7)13)12(18)15-11-10(21(14,19)20)6-17(2)16-11/h3-6H,1-2H3,(H2,14,19,20)(H,15,16,18). The topological polar surface area (TPSA) is 107 Å². The highest BCUT2D eigenvalue weighted by Gasteiger charge is 2.20. The molecular formula is C12H13BrN4O3S. The fourth-order valence-electron chi connectivity index (χ4n) is 1.73. The lowest BCUT2D eigenvalue weighted by molar-refractivity contribution is 0.102. The van der Waals surface area contributed by atoms with E-state index in [-0.39, 0.29) is 10.7 Å². The Morgan fingerprint density at radius 3 is 2.67 bits per heavy atom. The lowest BCUT2D eigenvalue weighted by Crippen LogP contribution is -2.17. The van der Waals surface area contributed by atoms with Crippen LogP contribution in [0.15, 0.2) is 33.8 Å². The molecule has 0 saturated heterocycles. The van der Waals surface area contributed by atoms with Gasteiger partial charge in [-0.3, -0.25) is 9.48 Å². The number of carbonyl (C=O) groups excluding carboxylic acids is 1. The molecule has 2 aromatic rings. The molecule has 0 aliphatic carbocycles. The van der Waals surface area contributed by atoms with Gasteiger partial charge in [-0.2, -0.15) is 5.10 Å². The number of carbonyl (C=O) groups is 1. The van der Waals surface area contributed by atoms with Crippen LogP contribution in [0, 0.1) is 6.92 Å². The Bertz CT molecular complexity index is 814. The molecule has 1 amide bonds. The van der Waals surface area contributed by atoms with Gasteiger partial charge >= 0.3 is 0 Å². The van der Waals surface area contributed by atoms with E-state index >= 15 is 0 Å². The van der Waals surface area contributed by atoms with Crippen molar-refractivity contribution < 1.29 is 13.2 Å². The molecule has 0 aliphatic heterocycles. The Morgan fingerprint density at radius 2 is 2.10 bits per heavy atom. The number of hydrogen-bond acceptors (Lipinski definition) is 4. The zero-order valence-corrected chi connectivity index (χ0v) is 13.7. The zero-order valence-electron chi connectivity index (χ0n) is 11.3. The predicted molar refractivity (Wildman–Crippen MR) is 81.4 cm³/mol. The number of nitrogens with one attached hydrogen (secondary N) is 1. The van der Waals surface area contributed by atoms with Crippen LogP contribution in [-0.2, 0) is 17.1 Å². The molecule has 0 radical (unpaired) electrons. The molecule has 0 fully saturated rings. The van der Waals surface area contributed by atoms with Crippen molar-refractivity contribution in [2.75, 3.05) is 5.32 Å². The van der Waals surface area contributed by atoms with Crippen molar-refractivity contribution in [3.8, 4) is 0 Å². The molecule has 3 N–H and O–H groups in total. The summed E-state index contributed by atoms with van der Waals surface area (Å²) in [5.74, 6) is -0.556. The number of benzene rings is 1. The molecule has 1 aromatic heterocycles. The molecule has 0 spiro atoms. The first kappa shape index (κ1) is 15.7. The third-order valence-electron chi connectivity index (χ3n) is 2.75. The minimum Gasteiger partial charge on any atom is -0.304 e. The molecule has 0 atom stereocenters. The van der Waals surface area contributed by atoms with Crippen LogP contribution in [0.4, 0.5) is 5.82 Å². The molecule has 0 aliphatic rings. The molecule has 0 saturated carbocycles. The number of sulfonamides is 1. The highest BCUT2D eigenvalue weighted by Crippen LogP contribution is 2.20. The molecule has 7 nitrogen and oxygen atoms in total. The number of primary sulfonamides is 1. The molecule has 0 unspecified atom stereocenters. The number of halogens is 1. The van der Waals surface area contributed by atoms with Crippen LogP contribution in [0.2, 0.25) is 0 Å². The molecule has 112 valence electrons. The van der Waals surface area contributed by atoms with Crippen LogP contribution in [0.1, 0.15) is 15.9 Å². The van der Waals surface area contributed by atoms with E-state index in [0.29, 0.717) is 5.56 Å². The van der Waals surface area contributed by atoms with Gasteiger partial charge < -0.3 is 5.32 Å². The number of aryl methyl sites for hydroxylation is 2. The number of hydrogen-bond donors (Lipinski definition) is 2. The van der Waals surface area contributed by atoms with E-state index in [4.69, 9.17) is 5.14 Å². The second kappa shape index (κ2) is 5.58. The molecule has 1 heterocycles. The molecule has 1 aromatic carbocycles. The summed E-state index contributed by atoms with van der Waals surface area (Å²) < 4.78 is 25.0. The van der Waals surface area contributed by atoms with Gasteiger partial charge in [0.15, 0.2) is 5.82 Å². The first-order chi connectivity index (χ1) is 9.68. The Labute approximate surface area is 130 Å². The van der Waals surface area contributed by atoms with Gasteiger partial charge in [-0.05, 0) is 30.7 Å². The van der Waals surface area contributed by atoms with Crippen molar-refractivity contribution in [1.29, 1.82) is 0 Å². The van der Waals surface area contributed by atoms with E-state index in [1.54, 1.807) is 18.2 Å². The normalized spacial score (nSPS) is 11.4. The predicted octanol–water partition coefficient (Wildman–Crippen LogP) is 1.39. The van der Waals surface area contributed by atoms with E-state index < -0.39 is 15.9 Å². The quantitative estimate of drug-likeness (QED) is 0.848. The second-order valence-electron chi connectivity index (χ2n) is 4.48. The Kier molecular flexibility index (Phi) is 4.17. The monoisotopic (exact) mass is 372 g/mol. The summed E-state index contributed by atoms with van der Waals surface area (Å²) in [6, 6.07) is 5.04. The van der Waals surface area contributed by atoms with Crippen molar-refractivity contribution in [2.24, 2.45) is 12.2 Å². The third-order valence-corrected chi connectivity index (χ3v) is 4.56. The van der Waals surface area contributed by atoms with E-state index in [9.17, 15) is 13.2 Å². The van der Waals surface area contributed by atoms with E-state index in [1.165, 1.54) is 17.9 Å². The number of aromatic nitrogens is 2. The number of nitrogens with two attached hydrogens (primary N) is 1. The molecule has 0 bridgehead atoms. The number of nitrogens with zero attached hydrogens (tertiary/aromatic N) is 2. The van der Waals surface area contributed by atoms with Crippen molar-refractivity contribution in [3.63, 3.8) is 0 Å². The lowest BCUT2D eigenvalue weighted by atomic mass is 10.1. The second-order valence-corrected chi connectivity index (χ2v) is 6.86.